The smallest absolute Gasteiger partial charge is 0.129 e. The van der Waals surface area contributed by atoms with Gasteiger partial charge in [0.2, 0.25) is 0 Å². The van der Waals surface area contributed by atoms with Gasteiger partial charge >= 0.3 is 0 Å². The highest BCUT2D eigenvalue weighted by Crippen LogP contribution is 2.38. The van der Waals surface area contributed by atoms with Crippen molar-refractivity contribution in [3.63, 3.8) is 0 Å². The second kappa shape index (κ2) is 6.86. The molecular weight excluding hydrogens is 356 g/mol. The second-order valence-electron chi connectivity index (χ2n) is 5.75. The third-order valence-electron chi connectivity index (χ3n) is 4.08. The lowest BCUT2D eigenvalue weighted by Crippen LogP contribution is -2.07. The Balaban J connectivity index is 1.83. The van der Waals surface area contributed by atoms with Gasteiger partial charge < -0.3 is 5.11 Å². The highest BCUT2D eigenvalue weighted by atomic mass is 32.1. The monoisotopic (exact) mass is 369 g/mol. The molecule has 3 aromatic rings. The number of thiophene rings is 1. The summed E-state index contributed by atoms with van der Waals surface area (Å²) >= 11 is 1.43. The minimum Gasteiger partial charge on any atom is -0.383 e. The Morgan fingerprint density at radius 1 is 1.04 bits per heavy atom. The molecule has 0 spiro atoms. The molecule has 4 nitrogen and oxygen atoms in total. The van der Waals surface area contributed by atoms with Crippen molar-refractivity contribution < 1.29 is 13.9 Å². The molecule has 3 heterocycles. The number of nitrogens with zero attached hydrogens (tertiary/aromatic N) is 3. The Hall–Kier alpha value is -2.77. The predicted octanol–water partition coefficient (Wildman–Crippen LogP) is 4.35. The molecule has 0 bridgehead atoms. The molecule has 1 atom stereocenters. The summed E-state index contributed by atoms with van der Waals surface area (Å²) in [5.74, 6) is -1.26. The first-order valence-electron chi connectivity index (χ1n) is 7.89. The molecule has 0 aliphatic carbocycles. The molecule has 1 aromatic carbocycles. The van der Waals surface area contributed by atoms with Gasteiger partial charge in [-0.25, -0.2) is 8.78 Å². The fourth-order valence-corrected chi connectivity index (χ4v) is 3.99. The normalized spacial score (nSPS) is 14.5. The zero-order valence-electron chi connectivity index (χ0n) is 13.4. The predicted molar refractivity (Wildman–Crippen MR) is 97.6 cm³/mol. The Labute approximate surface area is 152 Å². The van der Waals surface area contributed by atoms with Crippen LogP contribution in [0.3, 0.4) is 0 Å². The van der Waals surface area contributed by atoms with Crippen LogP contribution in [0.5, 0.6) is 0 Å². The van der Waals surface area contributed by atoms with Crippen molar-refractivity contribution in [2.75, 3.05) is 0 Å². The fourth-order valence-electron chi connectivity index (χ4n) is 2.80. The molecule has 26 heavy (non-hydrogen) atoms. The van der Waals surface area contributed by atoms with Crippen LogP contribution < -0.4 is 0 Å². The maximum absolute atomic E-state index is 14.2. The number of hydrogen-bond donors (Lipinski definition) is 1. The molecule has 0 saturated carbocycles. The van der Waals surface area contributed by atoms with Gasteiger partial charge in [0, 0.05) is 41.0 Å². The summed E-state index contributed by atoms with van der Waals surface area (Å²) in [7, 11) is 0. The van der Waals surface area contributed by atoms with E-state index in [9.17, 15) is 13.9 Å². The Morgan fingerprint density at radius 3 is 2.58 bits per heavy atom. The number of hydrogen-bond acceptors (Lipinski definition) is 5. The highest BCUT2D eigenvalue weighted by Gasteiger charge is 2.25. The summed E-state index contributed by atoms with van der Waals surface area (Å²) in [5, 5.41) is 18.8. The quantitative estimate of drug-likeness (QED) is 0.743. The zero-order chi connectivity index (χ0) is 18.1. The lowest BCUT2D eigenvalue weighted by molar-refractivity contribution is 0.214. The molecule has 130 valence electrons. The van der Waals surface area contributed by atoms with Crippen LogP contribution in [0, 0.1) is 11.6 Å². The minimum absolute atomic E-state index is 0.107. The first-order valence-corrected chi connectivity index (χ1v) is 8.71. The lowest BCUT2D eigenvalue weighted by Gasteiger charge is -2.13. The average molecular weight is 369 g/mol. The number of aromatic nitrogens is 1. The van der Waals surface area contributed by atoms with Crippen LogP contribution in [0.1, 0.15) is 28.5 Å². The second-order valence-corrected chi connectivity index (χ2v) is 6.80. The molecule has 1 N–H and O–H groups in total. The first kappa shape index (κ1) is 16.7. The van der Waals surface area contributed by atoms with E-state index in [-0.39, 0.29) is 5.56 Å². The van der Waals surface area contributed by atoms with Crippen LogP contribution in [0.15, 0.2) is 59.0 Å². The third-order valence-corrected chi connectivity index (χ3v) is 5.33. The van der Waals surface area contributed by atoms with Gasteiger partial charge in [0.05, 0.1) is 10.6 Å². The Kier molecular flexibility index (Phi) is 4.40. The number of rotatable bonds is 4. The van der Waals surface area contributed by atoms with E-state index in [1.54, 1.807) is 24.7 Å². The summed E-state index contributed by atoms with van der Waals surface area (Å²) < 4.78 is 27.7. The molecule has 0 radical (unpaired) electrons. The molecule has 1 unspecified atom stereocenters. The van der Waals surface area contributed by atoms with Crippen molar-refractivity contribution in [2.45, 2.75) is 12.5 Å². The summed E-state index contributed by atoms with van der Waals surface area (Å²) in [6.07, 6.45) is 4.23. The van der Waals surface area contributed by atoms with Gasteiger partial charge in [-0.1, -0.05) is 0 Å². The van der Waals surface area contributed by atoms with E-state index in [1.165, 1.54) is 11.3 Å². The standard InChI is InChI=1S/C19H13F2N3OS/c20-12-1-2-15(21)13(9-12)18(25)14-10-17(11-3-6-22-7-4-11)26-19(14)16-5-8-23-24-16/h1-4,6-10,18,25H,5H2. The summed E-state index contributed by atoms with van der Waals surface area (Å²) in [4.78, 5) is 5.59. The van der Waals surface area contributed by atoms with Crippen molar-refractivity contribution in [3.05, 3.63) is 76.4 Å². The van der Waals surface area contributed by atoms with Crippen LogP contribution in [-0.4, -0.2) is 22.0 Å². The van der Waals surface area contributed by atoms with E-state index in [1.807, 2.05) is 12.1 Å². The van der Waals surface area contributed by atoms with Crippen molar-refractivity contribution in [1.29, 1.82) is 0 Å². The van der Waals surface area contributed by atoms with Crippen LogP contribution >= 0.6 is 11.3 Å². The topological polar surface area (TPSA) is 57.8 Å². The number of halogens is 2. The van der Waals surface area contributed by atoms with Gasteiger partial charge in [0.15, 0.2) is 0 Å². The highest BCUT2D eigenvalue weighted by molar-refractivity contribution is 7.17. The summed E-state index contributed by atoms with van der Waals surface area (Å²) in [6.45, 7) is 0. The van der Waals surface area contributed by atoms with Gasteiger partial charge in [0.1, 0.15) is 17.7 Å². The number of aliphatic hydroxyl groups excluding tert-OH is 1. The van der Waals surface area contributed by atoms with Gasteiger partial charge in [-0.2, -0.15) is 10.2 Å². The zero-order valence-corrected chi connectivity index (χ0v) is 14.3. The molecule has 1 aliphatic heterocycles. The van der Waals surface area contributed by atoms with Crippen molar-refractivity contribution in [3.8, 4) is 10.4 Å². The van der Waals surface area contributed by atoms with Crippen LogP contribution in [-0.2, 0) is 0 Å². The maximum atomic E-state index is 14.2. The van der Waals surface area contributed by atoms with Gasteiger partial charge in [-0.15, -0.1) is 11.3 Å². The fraction of sp³-hybridized carbons (Fsp3) is 0.105. The average Bonchev–Trinajstić information content (AvgIpc) is 3.33. The molecule has 4 rings (SSSR count). The SMILES string of the molecule is OC(c1cc(F)ccc1F)c1cc(-c2ccncc2)sc1C1=NN=CC1. The van der Waals surface area contributed by atoms with Crippen molar-refractivity contribution >= 4 is 23.3 Å². The maximum Gasteiger partial charge on any atom is 0.129 e. The van der Waals surface area contributed by atoms with Crippen molar-refractivity contribution in [1.82, 2.24) is 4.98 Å². The van der Waals surface area contributed by atoms with Gasteiger partial charge in [-0.3, -0.25) is 4.98 Å². The van der Waals surface area contributed by atoms with E-state index in [0.29, 0.717) is 22.6 Å². The van der Waals surface area contributed by atoms with Crippen molar-refractivity contribution in [2.24, 2.45) is 10.2 Å². The third kappa shape index (κ3) is 3.07. The van der Waals surface area contributed by atoms with Gasteiger partial charge in [0.25, 0.3) is 0 Å². The lowest BCUT2D eigenvalue weighted by atomic mass is 9.98. The van der Waals surface area contributed by atoms with Crippen LogP contribution in [0.25, 0.3) is 10.4 Å². The number of benzene rings is 1. The van der Waals surface area contributed by atoms with E-state index in [0.717, 1.165) is 28.6 Å². The molecular formula is C19H13F2N3OS. The Bertz CT molecular complexity index is 1010. The molecule has 7 heteroatoms. The summed E-state index contributed by atoms with van der Waals surface area (Å²) in [6, 6.07) is 8.53. The molecule has 1 aliphatic rings. The molecule has 0 fully saturated rings. The summed E-state index contributed by atoms with van der Waals surface area (Å²) in [5.41, 5.74) is 1.99. The Morgan fingerprint density at radius 2 is 1.85 bits per heavy atom. The van der Waals surface area contributed by atoms with E-state index >= 15 is 0 Å². The van der Waals surface area contributed by atoms with E-state index in [4.69, 9.17) is 0 Å². The van der Waals surface area contributed by atoms with E-state index in [2.05, 4.69) is 15.2 Å². The first-order chi connectivity index (χ1) is 12.6. The molecule has 0 saturated heterocycles. The van der Waals surface area contributed by atoms with E-state index < -0.39 is 17.7 Å². The van der Waals surface area contributed by atoms with Crippen LogP contribution in [0.2, 0.25) is 0 Å². The number of aliphatic hydroxyl groups is 1. The largest absolute Gasteiger partial charge is 0.383 e. The number of pyridine rings is 1. The molecule has 0 amide bonds. The minimum atomic E-state index is -1.31. The van der Waals surface area contributed by atoms with Crippen LogP contribution in [0.4, 0.5) is 8.78 Å². The van der Waals surface area contributed by atoms with Gasteiger partial charge in [-0.05, 0) is 42.0 Å². The molecule has 2 aromatic heterocycles.